The van der Waals surface area contributed by atoms with E-state index in [4.69, 9.17) is 20.3 Å². The van der Waals surface area contributed by atoms with E-state index in [1.54, 1.807) is 36.4 Å². The van der Waals surface area contributed by atoms with Gasteiger partial charge in [0.15, 0.2) is 11.5 Å². The van der Waals surface area contributed by atoms with E-state index in [0.717, 1.165) is 14.5 Å². The number of furan rings is 1. The lowest BCUT2D eigenvalue weighted by Gasteiger charge is -2.10. The lowest BCUT2D eigenvalue weighted by molar-refractivity contribution is -0.385. The summed E-state index contributed by atoms with van der Waals surface area (Å²) in [5.41, 5.74) is 0.533. The zero-order valence-electron chi connectivity index (χ0n) is 19.8. The summed E-state index contributed by atoms with van der Waals surface area (Å²) in [6, 6.07) is 16.9. The van der Waals surface area contributed by atoms with E-state index in [2.05, 4.69) is 31.9 Å². The second kappa shape index (κ2) is 10.2. The maximum Gasteiger partial charge on any atom is 0.315 e. The molecule has 188 valence electrons. The first kappa shape index (κ1) is 24.7. The van der Waals surface area contributed by atoms with Crippen LogP contribution in [0.15, 0.2) is 79.4 Å². The number of nitrogens with zero attached hydrogens (tertiary/aromatic N) is 4. The molecule has 11 heteroatoms. The Morgan fingerprint density at radius 2 is 2.05 bits per heavy atom. The first-order valence-corrected chi connectivity index (χ1v) is 11.9. The third kappa shape index (κ3) is 4.60. The van der Waals surface area contributed by atoms with Crippen molar-refractivity contribution in [2.75, 3.05) is 13.7 Å². The highest BCUT2D eigenvalue weighted by molar-refractivity contribution is 9.10. The molecule has 0 bridgehead atoms. The number of rotatable bonds is 7. The van der Waals surface area contributed by atoms with Gasteiger partial charge in [0.1, 0.15) is 12.2 Å². The summed E-state index contributed by atoms with van der Waals surface area (Å²) in [7, 11) is 1.35. The minimum Gasteiger partial charge on any atom is -0.493 e. The van der Waals surface area contributed by atoms with Crippen molar-refractivity contribution in [3.63, 3.8) is 0 Å². The number of halogens is 1. The molecule has 0 aliphatic carbocycles. The maximum absolute atomic E-state index is 13.5. The largest absolute Gasteiger partial charge is 0.493 e. The molecule has 0 aliphatic heterocycles. The molecular formula is C27H17BrN4O6. The molecule has 3 aromatic carbocycles. The van der Waals surface area contributed by atoms with Gasteiger partial charge in [0, 0.05) is 21.5 Å². The molecule has 5 aromatic rings. The highest BCUT2D eigenvalue weighted by Gasteiger charge is 2.22. The SMILES string of the molecule is C#CCOc1c(OC)cc(C=Nn2c(-c3cc4cc(Br)ccc4o3)nc3ccccc3c2=O)cc1[N+](=O)[O-]. The molecule has 0 unspecified atom stereocenters. The Hall–Kier alpha value is -4.95. The molecular weight excluding hydrogens is 556 g/mol. The molecule has 2 aromatic heterocycles. The van der Waals surface area contributed by atoms with E-state index in [1.165, 1.54) is 25.5 Å². The highest BCUT2D eigenvalue weighted by Crippen LogP contribution is 2.38. The lowest BCUT2D eigenvalue weighted by Crippen LogP contribution is -2.20. The normalized spacial score (nSPS) is 11.2. The molecule has 2 heterocycles. The monoisotopic (exact) mass is 572 g/mol. The predicted octanol–water partition coefficient (Wildman–Crippen LogP) is 5.38. The summed E-state index contributed by atoms with van der Waals surface area (Å²) in [6.07, 6.45) is 6.52. The molecule has 0 atom stereocenters. The number of nitro benzene ring substituents is 1. The standard InChI is InChI=1S/C27H17BrN4O6/c1-3-10-37-25-21(32(34)35)11-16(12-23(25)36-2)15-29-31-26(30-20-7-5-4-6-19(20)27(31)33)24-14-17-13-18(28)8-9-22(17)38-24/h1,4-9,11-15H,10H2,2H3. The Labute approximate surface area is 223 Å². The van der Waals surface area contributed by atoms with Crippen molar-refractivity contribution in [3.8, 4) is 35.4 Å². The fourth-order valence-corrected chi connectivity index (χ4v) is 4.25. The number of aromatic nitrogens is 2. The van der Waals surface area contributed by atoms with Crippen molar-refractivity contribution in [2.24, 2.45) is 5.10 Å². The first-order chi connectivity index (χ1) is 18.4. The number of hydrogen-bond donors (Lipinski definition) is 0. The minimum absolute atomic E-state index is 0.0861. The Morgan fingerprint density at radius 1 is 1.24 bits per heavy atom. The number of terminal acetylenes is 1. The predicted molar refractivity (Wildman–Crippen MR) is 146 cm³/mol. The van der Waals surface area contributed by atoms with E-state index in [1.807, 2.05) is 12.1 Å². The van der Waals surface area contributed by atoms with Crippen molar-refractivity contribution < 1.29 is 18.8 Å². The fourth-order valence-electron chi connectivity index (χ4n) is 3.87. The minimum atomic E-state index is -0.618. The molecule has 10 nitrogen and oxygen atoms in total. The van der Waals surface area contributed by atoms with E-state index < -0.39 is 10.5 Å². The lowest BCUT2D eigenvalue weighted by atomic mass is 10.2. The van der Waals surface area contributed by atoms with Crippen LogP contribution in [-0.4, -0.2) is 34.5 Å². The molecule has 0 saturated heterocycles. The average Bonchev–Trinajstić information content (AvgIpc) is 3.34. The summed E-state index contributed by atoms with van der Waals surface area (Å²) in [5, 5.41) is 17.2. The number of fused-ring (bicyclic) bond motifs is 2. The van der Waals surface area contributed by atoms with Crippen molar-refractivity contribution in [1.82, 2.24) is 9.66 Å². The van der Waals surface area contributed by atoms with Gasteiger partial charge in [-0.3, -0.25) is 14.9 Å². The Morgan fingerprint density at radius 3 is 2.82 bits per heavy atom. The van der Waals surface area contributed by atoms with Gasteiger partial charge in [0.25, 0.3) is 5.56 Å². The molecule has 0 aliphatic rings. The third-order valence-corrected chi connectivity index (χ3v) is 6.04. The van der Waals surface area contributed by atoms with Crippen LogP contribution in [0.4, 0.5) is 5.69 Å². The zero-order valence-corrected chi connectivity index (χ0v) is 21.3. The molecule has 5 rings (SSSR count). The van der Waals surface area contributed by atoms with Crippen LogP contribution in [0, 0.1) is 22.5 Å². The third-order valence-electron chi connectivity index (χ3n) is 5.55. The van der Waals surface area contributed by atoms with Gasteiger partial charge >= 0.3 is 5.69 Å². The second-order valence-corrected chi connectivity index (χ2v) is 8.84. The van der Waals surface area contributed by atoms with Crippen LogP contribution < -0.4 is 15.0 Å². The van der Waals surface area contributed by atoms with E-state index >= 15 is 0 Å². The number of nitro groups is 1. The van der Waals surface area contributed by atoms with Crippen molar-refractivity contribution >= 4 is 49.7 Å². The van der Waals surface area contributed by atoms with Gasteiger partial charge in [-0.1, -0.05) is 34.0 Å². The van der Waals surface area contributed by atoms with Gasteiger partial charge in [0.05, 0.1) is 29.2 Å². The van der Waals surface area contributed by atoms with E-state index in [-0.39, 0.29) is 35.2 Å². The summed E-state index contributed by atoms with van der Waals surface area (Å²) in [5.74, 6) is 2.73. The van der Waals surface area contributed by atoms with Crippen LogP contribution in [0.3, 0.4) is 0 Å². The van der Waals surface area contributed by atoms with Crippen LogP contribution in [-0.2, 0) is 0 Å². The summed E-state index contributed by atoms with van der Waals surface area (Å²) >= 11 is 3.44. The molecule has 0 N–H and O–H groups in total. The Bertz CT molecular complexity index is 1850. The average molecular weight is 573 g/mol. The number of para-hydroxylation sites is 1. The van der Waals surface area contributed by atoms with Crippen LogP contribution in [0.25, 0.3) is 33.5 Å². The summed E-state index contributed by atoms with van der Waals surface area (Å²) in [4.78, 5) is 29.2. The molecule has 0 amide bonds. The van der Waals surface area contributed by atoms with Crippen molar-refractivity contribution in [2.45, 2.75) is 0 Å². The molecule has 0 radical (unpaired) electrons. The fraction of sp³-hybridized carbons (Fsp3) is 0.0741. The number of benzene rings is 3. The number of ether oxygens (including phenoxy) is 2. The first-order valence-electron chi connectivity index (χ1n) is 11.1. The van der Waals surface area contributed by atoms with Crippen LogP contribution in [0.5, 0.6) is 11.5 Å². The van der Waals surface area contributed by atoms with Gasteiger partial charge in [-0.15, -0.1) is 6.42 Å². The van der Waals surface area contributed by atoms with E-state index in [0.29, 0.717) is 22.2 Å². The van der Waals surface area contributed by atoms with Gasteiger partial charge in [-0.05, 0) is 42.5 Å². The summed E-state index contributed by atoms with van der Waals surface area (Å²) in [6.45, 7) is -0.180. The molecule has 0 spiro atoms. The summed E-state index contributed by atoms with van der Waals surface area (Å²) < 4.78 is 18.6. The quantitative estimate of drug-likeness (QED) is 0.111. The topological polar surface area (TPSA) is 122 Å². The van der Waals surface area contributed by atoms with Crippen LogP contribution >= 0.6 is 15.9 Å². The van der Waals surface area contributed by atoms with Gasteiger partial charge < -0.3 is 13.9 Å². The van der Waals surface area contributed by atoms with Gasteiger partial charge in [0.2, 0.25) is 11.6 Å². The highest BCUT2D eigenvalue weighted by atomic mass is 79.9. The number of methoxy groups -OCH3 is 1. The molecule has 38 heavy (non-hydrogen) atoms. The van der Waals surface area contributed by atoms with E-state index in [9.17, 15) is 14.9 Å². The second-order valence-electron chi connectivity index (χ2n) is 7.93. The van der Waals surface area contributed by atoms with Crippen LogP contribution in [0.2, 0.25) is 0 Å². The van der Waals surface area contributed by atoms with Crippen molar-refractivity contribution in [3.05, 3.63) is 91.2 Å². The number of hydrogen-bond acceptors (Lipinski definition) is 8. The maximum atomic E-state index is 13.5. The van der Waals surface area contributed by atoms with Gasteiger partial charge in [-0.2, -0.15) is 9.78 Å². The van der Waals surface area contributed by atoms with Crippen LogP contribution in [0.1, 0.15) is 5.56 Å². The Balaban J connectivity index is 1.68. The molecule has 0 saturated carbocycles. The van der Waals surface area contributed by atoms with Gasteiger partial charge in [-0.25, -0.2) is 4.98 Å². The smallest absolute Gasteiger partial charge is 0.315 e. The zero-order chi connectivity index (χ0) is 26.8. The molecule has 0 fully saturated rings. The Kier molecular flexibility index (Phi) is 6.64. The van der Waals surface area contributed by atoms with Crippen molar-refractivity contribution in [1.29, 1.82) is 0 Å².